The molecule has 0 saturated carbocycles. The third kappa shape index (κ3) is 11.5. The molecule has 284 valence electrons. The van der Waals surface area contributed by atoms with Gasteiger partial charge in [-0.05, 0) is 44.2 Å². The molecule has 4 heteroatoms. The number of fused-ring (bicyclic) bond motifs is 3. The van der Waals surface area contributed by atoms with Gasteiger partial charge in [-0.1, -0.05) is 114 Å². The van der Waals surface area contributed by atoms with E-state index in [-0.39, 0.29) is 35.6 Å². The summed E-state index contributed by atoms with van der Waals surface area (Å²) in [6, 6.07) is 52.4. The summed E-state index contributed by atoms with van der Waals surface area (Å²) in [5, 5.41) is 6.16. The summed E-state index contributed by atoms with van der Waals surface area (Å²) in [5.41, 5.74) is 10.8. The standard InChI is InChI=1S/C33H33.C14H11Cl.C5H5.2ClH.Zr/c1-32(2,3)30-20-26-24(18-28(30)22-13-9-7-10-14-22)17-25-19-29(23-15-11-8-12-16-23)31(21-27(25)26)33(4,5)6;15-14-10-8-13(9-11-14)7-6-12-4-2-1-3-5-12;1-2-4-5-3-1;;;/h7-21H,1-6H3;1-5,8-11H,7H2;1-3H,4H2;2*1H;/q-1;;-1;;;+2. The maximum absolute atomic E-state index is 5.86. The zero-order valence-electron chi connectivity index (χ0n) is 33.2. The average molecular weight is 874 g/mol. The van der Waals surface area contributed by atoms with Crippen molar-refractivity contribution in [1.82, 2.24) is 0 Å². The van der Waals surface area contributed by atoms with Crippen molar-refractivity contribution in [1.29, 1.82) is 0 Å². The quantitative estimate of drug-likeness (QED) is 0.151. The van der Waals surface area contributed by atoms with Gasteiger partial charge in [-0.3, -0.25) is 6.08 Å². The van der Waals surface area contributed by atoms with Crippen molar-refractivity contribution in [3.8, 4) is 22.3 Å². The van der Waals surface area contributed by atoms with Gasteiger partial charge in [-0.25, -0.2) is 12.2 Å². The molecule has 7 aromatic rings. The van der Waals surface area contributed by atoms with Crippen molar-refractivity contribution in [2.24, 2.45) is 0 Å². The van der Waals surface area contributed by atoms with Crippen LogP contribution in [0, 0.1) is 6.08 Å². The van der Waals surface area contributed by atoms with Crippen molar-refractivity contribution in [3.05, 3.63) is 197 Å². The molecule has 0 radical (unpaired) electrons. The van der Waals surface area contributed by atoms with Gasteiger partial charge in [0.05, 0.1) is 0 Å². The van der Waals surface area contributed by atoms with Gasteiger partial charge in [0.1, 0.15) is 0 Å². The largest absolute Gasteiger partial charge is 0.273 e. The van der Waals surface area contributed by atoms with E-state index in [1.807, 2.05) is 24.3 Å². The van der Waals surface area contributed by atoms with Gasteiger partial charge in [-0.2, -0.15) is 6.08 Å². The van der Waals surface area contributed by atoms with Crippen LogP contribution in [0.15, 0.2) is 164 Å². The third-order valence-corrected chi connectivity index (χ3v) is 11.2. The normalized spacial score (nSPS) is 11.9. The first-order valence-corrected chi connectivity index (χ1v) is 20.4. The fourth-order valence-corrected chi connectivity index (χ4v) is 7.99. The van der Waals surface area contributed by atoms with Gasteiger partial charge in [0.25, 0.3) is 0 Å². The van der Waals surface area contributed by atoms with E-state index >= 15 is 0 Å². The number of rotatable bonds is 5. The minimum atomic E-state index is 0. The first-order valence-electron chi connectivity index (χ1n) is 18.8. The van der Waals surface area contributed by atoms with Gasteiger partial charge in [-0.15, -0.1) is 71.0 Å². The summed E-state index contributed by atoms with van der Waals surface area (Å²) in [7, 11) is 0. The summed E-state index contributed by atoms with van der Waals surface area (Å²) in [5.74, 6) is 0. The second kappa shape index (κ2) is 20.1. The number of allylic oxidation sites excluding steroid dienone is 4. The molecule has 1 aliphatic rings. The average Bonchev–Trinajstić information content (AvgIpc) is 3.87. The predicted octanol–water partition coefficient (Wildman–Crippen LogP) is 15.4. The molecule has 0 aromatic heterocycles. The van der Waals surface area contributed by atoms with Crippen molar-refractivity contribution in [2.45, 2.75) is 65.2 Å². The molecule has 56 heavy (non-hydrogen) atoms. The van der Waals surface area contributed by atoms with E-state index in [2.05, 4.69) is 187 Å². The van der Waals surface area contributed by atoms with Gasteiger partial charge in [0.2, 0.25) is 0 Å². The Morgan fingerprint density at radius 1 is 0.625 bits per heavy atom. The summed E-state index contributed by atoms with van der Waals surface area (Å²) < 4.78 is 1.47. The van der Waals surface area contributed by atoms with Crippen molar-refractivity contribution < 1.29 is 24.2 Å². The zero-order chi connectivity index (χ0) is 38.3. The second-order valence-electron chi connectivity index (χ2n) is 16.0. The Morgan fingerprint density at radius 2 is 1.07 bits per heavy atom. The molecular weight excluding hydrogens is 822 g/mol. The van der Waals surface area contributed by atoms with E-state index in [4.69, 9.17) is 11.6 Å². The summed E-state index contributed by atoms with van der Waals surface area (Å²) >= 11 is 7.34. The molecule has 0 nitrogen and oxygen atoms in total. The molecule has 1 aliphatic carbocycles. The van der Waals surface area contributed by atoms with Crippen LogP contribution in [0.2, 0.25) is 5.02 Å². The van der Waals surface area contributed by atoms with E-state index in [0.717, 1.165) is 17.9 Å². The van der Waals surface area contributed by atoms with E-state index < -0.39 is 0 Å². The van der Waals surface area contributed by atoms with Gasteiger partial charge in [0, 0.05) is 0 Å². The van der Waals surface area contributed by atoms with Gasteiger partial charge < -0.3 is 0 Å². The number of halogens is 3. The van der Waals surface area contributed by atoms with Crippen LogP contribution in [-0.2, 0) is 41.5 Å². The Balaban J connectivity index is 0.000000252. The molecule has 0 unspecified atom stereocenters. The van der Waals surface area contributed by atoms with Gasteiger partial charge >= 0.3 is 116 Å². The van der Waals surface area contributed by atoms with E-state index in [1.54, 1.807) is 0 Å². The minimum Gasteiger partial charge on any atom is -0.273 e. The van der Waals surface area contributed by atoms with Crippen LogP contribution in [0.4, 0.5) is 0 Å². The molecule has 0 bridgehead atoms. The van der Waals surface area contributed by atoms with E-state index in [1.165, 1.54) is 93.5 Å². The molecular formula is C52H51Cl3Zr. The summed E-state index contributed by atoms with van der Waals surface area (Å²) in [4.78, 5) is 0. The maximum Gasteiger partial charge on any atom is -0.109 e. The van der Waals surface area contributed by atoms with Crippen LogP contribution in [-0.4, -0.2) is 3.21 Å². The molecule has 0 heterocycles. The maximum atomic E-state index is 5.86. The van der Waals surface area contributed by atoms with Crippen LogP contribution in [0.1, 0.15) is 70.2 Å². The van der Waals surface area contributed by atoms with Crippen LogP contribution in [0.3, 0.4) is 0 Å². The Labute approximate surface area is 367 Å². The number of benzene rings is 6. The molecule has 0 aliphatic heterocycles. The Morgan fingerprint density at radius 3 is 1.45 bits per heavy atom. The van der Waals surface area contributed by atoms with Crippen molar-refractivity contribution >= 4 is 61.2 Å². The second-order valence-corrected chi connectivity index (χ2v) is 17.9. The molecule has 0 amide bonds. The molecule has 8 rings (SSSR count). The monoisotopic (exact) mass is 870 g/mol. The SMILES string of the molecule is CC(C)(C)c1cc2c(cc1-c1ccccc1)[cH-]c1cc(-c3ccccc3)c(C(C)(C)C)cc12.Cl.Cl.Clc1ccc(C[C](=[Zr+2])c2ccccc2)cc1.[C-]1=CC=CC1. The molecule has 7 aromatic carbocycles. The Bertz CT molecular complexity index is 2270. The van der Waals surface area contributed by atoms with Crippen molar-refractivity contribution in [2.75, 3.05) is 0 Å². The fraction of sp³-hybridized carbons (Fsp3) is 0.192. The number of hydrogen-bond donors (Lipinski definition) is 0. The third-order valence-electron chi connectivity index (χ3n) is 9.77. The Kier molecular flexibility index (Phi) is 16.2. The topological polar surface area (TPSA) is 0 Å². The van der Waals surface area contributed by atoms with Gasteiger partial charge in [0.15, 0.2) is 0 Å². The molecule has 0 spiro atoms. The van der Waals surface area contributed by atoms with Crippen LogP contribution in [0.25, 0.3) is 43.8 Å². The molecule has 0 N–H and O–H groups in total. The first kappa shape index (κ1) is 45.0. The molecule has 0 fully saturated rings. The summed E-state index contributed by atoms with van der Waals surface area (Å²) in [6.45, 7) is 13.9. The fourth-order valence-electron chi connectivity index (χ4n) is 6.95. The number of hydrogen-bond acceptors (Lipinski definition) is 0. The minimum absolute atomic E-state index is 0. The predicted molar refractivity (Wildman–Crippen MR) is 247 cm³/mol. The van der Waals surface area contributed by atoms with Crippen molar-refractivity contribution in [3.63, 3.8) is 0 Å². The van der Waals surface area contributed by atoms with Crippen LogP contribution < -0.4 is 0 Å². The van der Waals surface area contributed by atoms with Crippen LogP contribution in [0.5, 0.6) is 0 Å². The molecule has 0 saturated heterocycles. The smallest absolute Gasteiger partial charge is 0.109 e. The van der Waals surface area contributed by atoms with E-state index in [9.17, 15) is 0 Å². The molecule has 0 atom stereocenters. The summed E-state index contributed by atoms with van der Waals surface area (Å²) in [6.07, 6.45) is 11.0. The van der Waals surface area contributed by atoms with E-state index in [0.29, 0.717) is 0 Å². The zero-order valence-corrected chi connectivity index (χ0v) is 38.0. The first-order chi connectivity index (χ1) is 25.9. The van der Waals surface area contributed by atoms with Crippen LogP contribution >= 0.6 is 36.4 Å². The Hall–Kier alpha value is -3.71.